The molecule has 4 heteroatoms. The maximum atomic E-state index is 5.42. The van der Waals surface area contributed by atoms with Crippen molar-refractivity contribution < 1.29 is 14.2 Å². The minimum Gasteiger partial charge on any atom is -0.494 e. The monoisotopic (exact) mass is 271 g/mol. The first-order valence-electron chi connectivity index (χ1n) is 6.70. The summed E-state index contributed by atoms with van der Waals surface area (Å²) in [7, 11) is 0. The van der Waals surface area contributed by atoms with E-state index in [4.69, 9.17) is 14.2 Å². The Bertz CT molecular complexity index is 581. The zero-order valence-electron chi connectivity index (χ0n) is 11.4. The van der Waals surface area contributed by atoms with Gasteiger partial charge in [-0.1, -0.05) is 12.1 Å². The summed E-state index contributed by atoms with van der Waals surface area (Å²) in [4.78, 5) is 0. The van der Waals surface area contributed by atoms with Crippen molar-refractivity contribution in [3.05, 3.63) is 48.0 Å². The third-order valence-corrected chi connectivity index (χ3v) is 3.10. The third kappa shape index (κ3) is 2.79. The normalized spacial score (nSPS) is 12.2. The Balaban J connectivity index is 1.61. The Morgan fingerprint density at radius 2 is 1.85 bits per heavy atom. The van der Waals surface area contributed by atoms with Crippen molar-refractivity contribution in [2.24, 2.45) is 0 Å². The van der Waals surface area contributed by atoms with Crippen molar-refractivity contribution in [1.29, 1.82) is 0 Å². The minimum absolute atomic E-state index is 0.303. The largest absolute Gasteiger partial charge is 0.494 e. The second kappa shape index (κ2) is 5.74. The second-order valence-electron chi connectivity index (χ2n) is 4.50. The lowest BCUT2D eigenvalue weighted by Crippen LogP contribution is -1.99. The molecule has 0 saturated carbocycles. The van der Waals surface area contributed by atoms with Gasteiger partial charge < -0.3 is 19.5 Å². The van der Waals surface area contributed by atoms with Gasteiger partial charge in [0, 0.05) is 18.3 Å². The standard InChI is InChI=1S/C16H17NO3/c1-2-18-14-6-3-12(4-7-14)10-17-13-5-8-15-16(9-13)20-11-19-15/h3-9,17H,2,10-11H2,1H3. The van der Waals surface area contributed by atoms with Gasteiger partial charge in [-0.15, -0.1) is 0 Å². The van der Waals surface area contributed by atoms with E-state index in [-0.39, 0.29) is 0 Å². The third-order valence-electron chi connectivity index (χ3n) is 3.10. The molecule has 4 nitrogen and oxygen atoms in total. The average molecular weight is 271 g/mol. The highest BCUT2D eigenvalue weighted by atomic mass is 16.7. The fraction of sp³-hybridized carbons (Fsp3) is 0.250. The second-order valence-corrected chi connectivity index (χ2v) is 4.50. The maximum absolute atomic E-state index is 5.42. The Morgan fingerprint density at radius 3 is 2.65 bits per heavy atom. The molecule has 0 bridgehead atoms. The summed E-state index contributed by atoms with van der Waals surface area (Å²) in [6, 6.07) is 14.0. The molecule has 20 heavy (non-hydrogen) atoms. The molecule has 1 N–H and O–H groups in total. The van der Waals surface area contributed by atoms with Gasteiger partial charge in [0.25, 0.3) is 0 Å². The summed E-state index contributed by atoms with van der Waals surface area (Å²) < 4.78 is 16.1. The van der Waals surface area contributed by atoms with E-state index < -0.39 is 0 Å². The van der Waals surface area contributed by atoms with Crippen LogP contribution in [0.3, 0.4) is 0 Å². The smallest absolute Gasteiger partial charge is 0.231 e. The molecule has 2 aromatic carbocycles. The van der Waals surface area contributed by atoms with Gasteiger partial charge in [0.1, 0.15) is 5.75 Å². The molecule has 0 fully saturated rings. The first-order valence-corrected chi connectivity index (χ1v) is 6.70. The van der Waals surface area contributed by atoms with Crippen LogP contribution in [0.4, 0.5) is 5.69 Å². The molecular formula is C16H17NO3. The van der Waals surface area contributed by atoms with Crippen LogP contribution in [-0.2, 0) is 6.54 Å². The van der Waals surface area contributed by atoms with Crippen molar-refractivity contribution in [3.63, 3.8) is 0 Å². The van der Waals surface area contributed by atoms with Gasteiger partial charge >= 0.3 is 0 Å². The number of nitrogens with one attached hydrogen (secondary N) is 1. The molecule has 2 aromatic rings. The zero-order valence-corrected chi connectivity index (χ0v) is 11.4. The van der Waals surface area contributed by atoms with Gasteiger partial charge in [-0.05, 0) is 36.8 Å². The van der Waals surface area contributed by atoms with Crippen molar-refractivity contribution in [2.45, 2.75) is 13.5 Å². The van der Waals surface area contributed by atoms with Crippen LogP contribution in [0.2, 0.25) is 0 Å². The quantitative estimate of drug-likeness (QED) is 0.904. The van der Waals surface area contributed by atoms with Gasteiger partial charge in [0.05, 0.1) is 6.61 Å². The molecule has 1 heterocycles. The fourth-order valence-electron chi connectivity index (χ4n) is 2.08. The summed E-state index contributed by atoms with van der Waals surface area (Å²) in [6.45, 7) is 3.73. The molecule has 1 aliphatic rings. The van der Waals surface area contributed by atoms with E-state index in [9.17, 15) is 0 Å². The predicted octanol–water partition coefficient (Wildman–Crippen LogP) is 3.43. The van der Waals surface area contributed by atoms with E-state index in [1.165, 1.54) is 5.56 Å². The highest BCUT2D eigenvalue weighted by Gasteiger charge is 2.12. The SMILES string of the molecule is CCOc1ccc(CNc2ccc3c(c2)OCO3)cc1. The lowest BCUT2D eigenvalue weighted by atomic mass is 10.2. The molecule has 0 amide bonds. The van der Waals surface area contributed by atoms with Gasteiger partial charge in [0.2, 0.25) is 6.79 Å². The van der Waals surface area contributed by atoms with Crippen LogP contribution in [0, 0.1) is 0 Å². The summed E-state index contributed by atoms with van der Waals surface area (Å²) in [5, 5.41) is 3.37. The highest BCUT2D eigenvalue weighted by Crippen LogP contribution is 2.34. The van der Waals surface area contributed by atoms with Crippen LogP contribution in [-0.4, -0.2) is 13.4 Å². The molecule has 0 saturated heterocycles. The maximum Gasteiger partial charge on any atom is 0.231 e. The topological polar surface area (TPSA) is 39.7 Å². The number of hydrogen-bond acceptors (Lipinski definition) is 4. The lowest BCUT2D eigenvalue weighted by molar-refractivity contribution is 0.174. The predicted molar refractivity (Wildman–Crippen MR) is 77.5 cm³/mol. The van der Waals surface area contributed by atoms with E-state index in [2.05, 4.69) is 17.4 Å². The van der Waals surface area contributed by atoms with Crippen LogP contribution in [0.25, 0.3) is 0 Å². The van der Waals surface area contributed by atoms with Crippen molar-refractivity contribution >= 4 is 5.69 Å². The lowest BCUT2D eigenvalue weighted by Gasteiger charge is -2.08. The Morgan fingerprint density at radius 1 is 1.05 bits per heavy atom. The molecule has 1 aliphatic heterocycles. The van der Waals surface area contributed by atoms with Crippen LogP contribution in [0.1, 0.15) is 12.5 Å². The number of fused-ring (bicyclic) bond motifs is 1. The number of anilines is 1. The fourth-order valence-corrected chi connectivity index (χ4v) is 2.08. The van der Waals surface area contributed by atoms with E-state index in [0.29, 0.717) is 13.4 Å². The van der Waals surface area contributed by atoms with E-state index in [1.807, 2.05) is 37.3 Å². The number of benzene rings is 2. The van der Waals surface area contributed by atoms with Crippen molar-refractivity contribution in [1.82, 2.24) is 0 Å². The summed E-state index contributed by atoms with van der Waals surface area (Å²) in [5.41, 5.74) is 2.22. The van der Waals surface area contributed by atoms with Crippen LogP contribution < -0.4 is 19.5 Å². The van der Waals surface area contributed by atoms with Gasteiger partial charge in [-0.2, -0.15) is 0 Å². The molecule has 0 unspecified atom stereocenters. The van der Waals surface area contributed by atoms with Gasteiger partial charge in [-0.3, -0.25) is 0 Å². The van der Waals surface area contributed by atoms with Crippen molar-refractivity contribution in [3.8, 4) is 17.2 Å². The highest BCUT2D eigenvalue weighted by molar-refractivity contribution is 5.55. The summed E-state index contributed by atoms with van der Waals surface area (Å²) in [6.07, 6.45) is 0. The zero-order chi connectivity index (χ0) is 13.8. The van der Waals surface area contributed by atoms with Crippen molar-refractivity contribution in [2.75, 3.05) is 18.7 Å². The van der Waals surface area contributed by atoms with E-state index in [1.54, 1.807) is 0 Å². The van der Waals surface area contributed by atoms with E-state index in [0.717, 1.165) is 29.5 Å². The summed E-state index contributed by atoms with van der Waals surface area (Å²) in [5.74, 6) is 2.50. The molecule has 0 atom stereocenters. The molecule has 104 valence electrons. The van der Waals surface area contributed by atoms with E-state index >= 15 is 0 Å². The summed E-state index contributed by atoms with van der Waals surface area (Å²) >= 11 is 0. The Labute approximate surface area is 118 Å². The Hall–Kier alpha value is -2.36. The van der Waals surface area contributed by atoms with Crippen LogP contribution in [0.5, 0.6) is 17.2 Å². The minimum atomic E-state index is 0.303. The molecule has 3 rings (SSSR count). The number of rotatable bonds is 5. The number of ether oxygens (including phenoxy) is 3. The van der Waals surface area contributed by atoms with Gasteiger partial charge in [0.15, 0.2) is 11.5 Å². The molecular weight excluding hydrogens is 254 g/mol. The number of hydrogen-bond donors (Lipinski definition) is 1. The first-order chi connectivity index (χ1) is 9.85. The Kier molecular flexibility index (Phi) is 3.63. The van der Waals surface area contributed by atoms with Crippen LogP contribution in [0.15, 0.2) is 42.5 Å². The molecule has 0 radical (unpaired) electrons. The molecule has 0 aromatic heterocycles. The van der Waals surface area contributed by atoms with Crippen LogP contribution >= 0.6 is 0 Å². The average Bonchev–Trinajstić information content (AvgIpc) is 2.94. The molecule has 0 spiro atoms. The molecule has 0 aliphatic carbocycles. The van der Waals surface area contributed by atoms with Gasteiger partial charge in [-0.25, -0.2) is 0 Å². The first kappa shape index (κ1) is 12.7.